The highest BCUT2D eigenvalue weighted by atomic mass is 19.1. The fraction of sp³-hybridized carbons (Fsp3) is 0.158. The zero-order valence-electron chi connectivity index (χ0n) is 13.9. The number of nitrogens with zero attached hydrogens (tertiary/aromatic N) is 3. The van der Waals surface area contributed by atoms with Crippen molar-refractivity contribution >= 4 is 5.91 Å². The lowest BCUT2D eigenvalue weighted by Gasteiger charge is -2.07. The normalized spacial score (nSPS) is 10.3. The van der Waals surface area contributed by atoms with Gasteiger partial charge in [0.25, 0.3) is 0 Å². The molecule has 3 rings (SSSR count). The highest BCUT2D eigenvalue weighted by Crippen LogP contribution is 2.14. The maximum Gasteiger partial charge on any atom is 0.233 e. The Hall–Kier alpha value is -3.35. The van der Waals surface area contributed by atoms with E-state index in [0.717, 1.165) is 5.69 Å². The van der Waals surface area contributed by atoms with Gasteiger partial charge in [-0.3, -0.25) is 9.78 Å². The molecule has 0 spiro atoms. The number of amides is 1. The van der Waals surface area contributed by atoms with E-state index in [4.69, 9.17) is 4.74 Å². The minimum atomic E-state index is -0.387. The van der Waals surface area contributed by atoms with Crippen molar-refractivity contribution in [2.24, 2.45) is 0 Å². The van der Waals surface area contributed by atoms with Crippen LogP contribution in [0.1, 0.15) is 5.56 Å². The number of hydrogen-bond donors (Lipinski definition) is 1. The summed E-state index contributed by atoms with van der Waals surface area (Å²) in [5.74, 6) is -0.300. The third-order valence-electron chi connectivity index (χ3n) is 3.55. The van der Waals surface area contributed by atoms with Crippen molar-refractivity contribution in [1.29, 1.82) is 0 Å². The molecule has 0 aliphatic heterocycles. The summed E-state index contributed by atoms with van der Waals surface area (Å²) in [6.07, 6.45) is 1.68. The SMILES string of the molecule is O=C(Cc1ccccc1F)NCCOc1ccc(-c2ccccn2)nn1. The van der Waals surface area contributed by atoms with E-state index in [1.807, 2.05) is 18.2 Å². The third kappa shape index (κ3) is 4.83. The standard InChI is InChI=1S/C19H17FN4O2/c20-15-6-2-1-5-14(15)13-18(25)22-11-12-26-19-9-8-17(23-24-19)16-7-3-4-10-21-16/h1-10H,11-13H2,(H,22,25). The van der Waals surface area contributed by atoms with Crippen LogP contribution in [0.2, 0.25) is 0 Å². The van der Waals surface area contributed by atoms with Crippen LogP contribution < -0.4 is 10.1 Å². The quantitative estimate of drug-likeness (QED) is 0.661. The first-order chi connectivity index (χ1) is 12.7. The zero-order chi connectivity index (χ0) is 18.2. The number of benzene rings is 1. The smallest absolute Gasteiger partial charge is 0.233 e. The maximum absolute atomic E-state index is 13.5. The van der Waals surface area contributed by atoms with E-state index in [2.05, 4.69) is 20.5 Å². The van der Waals surface area contributed by atoms with E-state index >= 15 is 0 Å². The lowest BCUT2D eigenvalue weighted by atomic mass is 10.1. The number of hydrogen-bond acceptors (Lipinski definition) is 5. The van der Waals surface area contributed by atoms with Crippen molar-refractivity contribution in [1.82, 2.24) is 20.5 Å². The Balaban J connectivity index is 1.42. The van der Waals surface area contributed by atoms with Crippen LogP contribution in [0.4, 0.5) is 4.39 Å². The van der Waals surface area contributed by atoms with E-state index in [0.29, 0.717) is 17.1 Å². The molecule has 3 aromatic rings. The Morgan fingerprint density at radius 3 is 2.58 bits per heavy atom. The van der Waals surface area contributed by atoms with Gasteiger partial charge in [0.1, 0.15) is 18.1 Å². The molecule has 0 radical (unpaired) electrons. The lowest BCUT2D eigenvalue weighted by molar-refractivity contribution is -0.120. The number of nitrogens with one attached hydrogen (secondary N) is 1. The summed E-state index contributed by atoms with van der Waals surface area (Å²) in [7, 11) is 0. The van der Waals surface area contributed by atoms with Crippen molar-refractivity contribution in [2.75, 3.05) is 13.2 Å². The summed E-state index contributed by atoms with van der Waals surface area (Å²) in [6.45, 7) is 0.525. The molecule has 132 valence electrons. The monoisotopic (exact) mass is 352 g/mol. The summed E-state index contributed by atoms with van der Waals surface area (Å²) in [5.41, 5.74) is 1.74. The molecule has 0 bridgehead atoms. The first-order valence-electron chi connectivity index (χ1n) is 8.10. The number of aromatic nitrogens is 3. The molecule has 0 saturated heterocycles. The molecule has 6 nitrogen and oxygen atoms in total. The molecule has 0 aliphatic rings. The van der Waals surface area contributed by atoms with Gasteiger partial charge in [-0.15, -0.1) is 10.2 Å². The topological polar surface area (TPSA) is 77.0 Å². The summed E-state index contributed by atoms with van der Waals surface area (Å²) in [4.78, 5) is 16.0. The molecule has 1 N–H and O–H groups in total. The Kier molecular flexibility index (Phi) is 5.82. The van der Waals surface area contributed by atoms with Gasteiger partial charge in [0.15, 0.2) is 0 Å². The van der Waals surface area contributed by atoms with E-state index in [1.165, 1.54) is 6.07 Å². The second-order valence-electron chi connectivity index (χ2n) is 5.44. The predicted molar refractivity (Wildman–Crippen MR) is 93.9 cm³/mol. The number of halogens is 1. The second-order valence-corrected chi connectivity index (χ2v) is 5.44. The largest absolute Gasteiger partial charge is 0.475 e. The van der Waals surface area contributed by atoms with E-state index in [-0.39, 0.29) is 31.3 Å². The Labute approximate surface area is 150 Å². The number of pyridine rings is 1. The predicted octanol–water partition coefficient (Wildman–Crippen LogP) is 2.42. The fourth-order valence-electron chi connectivity index (χ4n) is 2.27. The van der Waals surface area contributed by atoms with Crippen molar-refractivity contribution < 1.29 is 13.9 Å². The zero-order valence-corrected chi connectivity index (χ0v) is 13.9. The van der Waals surface area contributed by atoms with Crippen LogP contribution in [0.3, 0.4) is 0 Å². The minimum Gasteiger partial charge on any atom is -0.475 e. The summed E-state index contributed by atoms with van der Waals surface area (Å²) in [6, 6.07) is 15.2. The molecule has 0 saturated carbocycles. The van der Waals surface area contributed by atoms with Gasteiger partial charge in [-0.05, 0) is 29.8 Å². The van der Waals surface area contributed by atoms with Crippen LogP contribution in [0.5, 0.6) is 5.88 Å². The highest BCUT2D eigenvalue weighted by molar-refractivity contribution is 5.78. The Morgan fingerprint density at radius 2 is 1.85 bits per heavy atom. The molecule has 0 atom stereocenters. The van der Waals surface area contributed by atoms with Gasteiger partial charge >= 0.3 is 0 Å². The third-order valence-corrected chi connectivity index (χ3v) is 3.55. The van der Waals surface area contributed by atoms with Gasteiger partial charge in [0.05, 0.1) is 18.7 Å². The van der Waals surface area contributed by atoms with Crippen molar-refractivity contribution in [3.63, 3.8) is 0 Å². The van der Waals surface area contributed by atoms with Gasteiger partial charge in [0.2, 0.25) is 11.8 Å². The molecule has 1 aromatic carbocycles. The van der Waals surface area contributed by atoms with E-state index in [9.17, 15) is 9.18 Å². The van der Waals surface area contributed by atoms with Crippen LogP contribution in [0.25, 0.3) is 11.4 Å². The van der Waals surface area contributed by atoms with E-state index < -0.39 is 0 Å². The number of ether oxygens (including phenoxy) is 1. The van der Waals surface area contributed by atoms with Crippen LogP contribution in [-0.4, -0.2) is 34.2 Å². The molecule has 2 aromatic heterocycles. The maximum atomic E-state index is 13.5. The average molecular weight is 352 g/mol. The van der Waals surface area contributed by atoms with Gasteiger partial charge in [-0.25, -0.2) is 4.39 Å². The second kappa shape index (κ2) is 8.66. The molecule has 2 heterocycles. The molecule has 0 fully saturated rings. The fourth-order valence-corrected chi connectivity index (χ4v) is 2.27. The molecule has 7 heteroatoms. The first kappa shape index (κ1) is 17.5. The highest BCUT2D eigenvalue weighted by Gasteiger charge is 2.07. The summed E-state index contributed by atoms with van der Waals surface area (Å²) >= 11 is 0. The van der Waals surface area contributed by atoms with Crippen molar-refractivity contribution in [3.05, 3.63) is 72.2 Å². The number of carbonyl (C=O) groups excluding carboxylic acids is 1. The molecular weight excluding hydrogens is 335 g/mol. The first-order valence-corrected chi connectivity index (χ1v) is 8.10. The van der Waals surface area contributed by atoms with Gasteiger partial charge in [-0.1, -0.05) is 24.3 Å². The average Bonchev–Trinajstić information content (AvgIpc) is 2.68. The van der Waals surface area contributed by atoms with E-state index in [1.54, 1.807) is 36.5 Å². The summed E-state index contributed by atoms with van der Waals surface area (Å²) in [5, 5.41) is 10.7. The molecule has 0 aliphatic carbocycles. The Morgan fingerprint density at radius 1 is 1.00 bits per heavy atom. The van der Waals surface area contributed by atoms with Gasteiger partial charge in [-0.2, -0.15) is 0 Å². The van der Waals surface area contributed by atoms with Crippen LogP contribution in [-0.2, 0) is 11.2 Å². The molecule has 26 heavy (non-hydrogen) atoms. The van der Waals surface area contributed by atoms with Gasteiger partial charge in [0, 0.05) is 12.3 Å². The van der Waals surface area contributed by atoms with Crippen LogP contribution in [0.15, 0.2) is 60.8 Å². The molecular formula is C19H17FN4O2. The van der Waals surface area contributed by atoms with Crippen molar-refractivity contribution in [2.45, 2.75) is 6.42 Å². The van der Waals surface area contributed by atoms with Crippen molar-refractivity contribution in [3.8, 4) is 17.3 Å². The van der Waals surface area contributed by atoms with Gasteiger partial charge < -0.3 is 10.1 Å². The molecule has 0 unspecified atom stereocenters. The minimum absolute atomic E-state index is 0.00868. The number of rotatable bonds is 7. The Bertz CT molecular complexity index is 857. The van der Waals surface area contributed by atoms with Crippen LogP contribution >= 0.6 is 0 Å². The lowest BCUT2D eigenvalue weighted by Crippen LogP contribution is -2.29. The number of carbonyl (C=O) groups is 1. The summed E-state index contributed by atoms with van der Waals surface area (Å²) < 4.78 is 18.9. The van der Waals surface area contributed by atoms with Crippen LogP contribution in [0, 0.1) is 5.82 Å². The molecule has 1 amide bonds.